The van der Waals surface area contributed by atoms with Crippen molar-refractivity contribution in [3.05, 3.63) is 65.4 Å². The van der Waals surface area contributed by atoms with Crippen LogP contribution in [0.2, 0.25) is 0 Å². The van der Waals surface area contributed by atoms with Crippen LogP contribution in [0.3, 0.4) is 0 Å². The summed E-state index contributed by atoms with van der Waals surface area (Å²) in [5.41, 5.74) is 3.52. The molecule has 6 heteroatoms. The number of ether oxygens (including phenoxy) is 1. The fourth-order valence-corrected chi connectivity index (χ4v) is 4.48. The maximum Gasteiger partial charge on any atom is 0.234 e. The molecule has 31 heavy (non-hydrogen) atoms. The van der Waals surface area contributed by atoms with Gasteiger partial charge in [-0.2, -0.15) is 0 Å². The standard InChI is InChI=1S/C25H29N3O3/c1-18(24-15-20-4-2-3-5-23(20)31-24)26-25(29)17-28-11-9-27(10-12-28)16-19-6-7-22-21(14-19)8-13-30-22/h2-7,14-15,18H,8-13,16-17H2,1H3,(H,26,29)/t18-/m1/s1. The molecule has 2 aliphatic heterocycles. The van der Waals surface area contributed by atoms with Gasteiger partial charge in [-0.1, -0.05) is 30.3 Å². The van der Waals surface area contributed by atoms with E-state index in [4.69, 9.17) is 9.15 Å². The van der Waals surface area contributed by atoms with Crippen molar-refractivity contribution in [2.45, 2.75) is 25.9 Å². The fraction of sp³-hybridized carbons (Fsp3) is 0.400. The van der Waals surface area contributed by atoms with E-state index in [2.05, 4.69) is 33.3 Å². The highest BCUT2D eigenvalue weighted by Crippen LogP contribution is 2.26. The Balaban J connectivity index is 1.09. The number of para-hydroxylation sites is 1. The zero-order valence-electron chi connectivity index (χ0n) is 18.0. The first-order chi connectivity index (χ1) is 15.1. The Morgan fingerprint density at radius 3 is 2.71 bits per heavy atom. The number of amides is 1. The second-order valence-corrected chi connectivity index (χ2v) is 8.57. The summed E-state index contributed by atoms with van der Waals surface area (Å²) >= 11 is 0. The van der Waals surface area contributed by atoms with Crippen LogP contribution >= 0.6 is 0 Å². The number of furan rings is 1. The second-order valence-electron chi connectivity index (χ2n) is 8.57. The number of carbonyl (C=O) groups excluding carboxylic acids is 1. The van der Waals surface area contributed by atoms with Gasteiger partial charge in [0.1, 0.15) is 17.1 Å². The number of rotatable bonds is 6. The number of fused-ring (bicyclic) bond motifs is 2. The van der Waals surface area contributed by atoms with E-state index in [0.717, 1.165) is 68.2 Å². The molecule has 1 fully saturated rings. The Hall–Kier alpha value is -2.83. The van der Waals surface area contributed by atoms with Gasteiger partial charge in [0, 0.05) is 44.5 Å². The lowest BCUT2D eigenvalue weighted by molar-refractivity contribution is -0.123. The molecule has 0 spiro atoms. The lowest BCUT2D eigenvalue weighted by atomic mass is 10.1. The lowest BCUT2D eigenvalue weighted by Gasteiger charge is -2.34. The molecule has 1 atom stereocenters. The van der Waals surface area contributed by atoms with Crippen molar-refractivity contribution in [2.24, 2.45) is 0 Å². The molecule has 0 aliphatic carbocycles. The Kier molecular flexibility index (Phi) is 5.66. The fourth-order valence-electron chi connectivity index (χ4n) is 4.48. The van der Waals surface area contributed by atoms with Gasteiger partial charge in [-0.05, 0) is 36.2 Å². The SMILES string of the molecule is C[C@@H](NC(=O)CN1CCN(Cc2ccc3c(c2)CCO3)CC1)c1cc2ccccc2o1. The van der Waals surface area contributed by atoms with Gasteiger partial charge in [0.2, 0.25) is 5.91 Å². The predicted molar refractivity (Wildman–Crippen MR) is 120 cm³/mol. The van der Waals surface area contributed by atoms with Crippen molar-refractivity contribution in [2.75, 3.05) is 39.3 Å². The van der Waals surface area contributed by atoms with Crippen LogP contribution in [0, 0.1) is 0 Å². The van der Waals surface area contributed by atoms with E-state index in [-0.39, 0.29) is 11.9 Å². The average Bonchev–Trinajstić information content (AvgIpc) is 3.41. The van der Waals surface area contributed by atoms with Crippen LogP contribution in [0.25, 0.3) is 11.0 Å². The smallest absolute Gasteiger partial charge is 0.234 e. The minimum Gasteiger partial charge on any atom is -0.493 e. The normalized spacial score (nSPS) is 18.0. The summed E-state index contributed by atoms with van der Waals surface area (Å²) in [6.07, 6.45) is 1.01. The second kappa shape index (κ2) is 8.73. The molecule has 3 aromatic rings. The van der Waals surface area contributed by atoms with Crippen LogP contribution in [0.15, 0.2) is 52.9 Å². The minimum absolute atomic E-state index is 0.0417. The summed E-state index contributed by atoms with van der Waals surface area (Å²) in [5, 5.41) is 4.14. The summed E-state index contributed by atoms with van der Waals surface area (Å²) in [6.45, 7) is 7.90. The van der Waals surface area contributed by atoms with Gasteiger partial charge in [0.15, 0.2) is 0 Å². The summed E-state index contributed by atoms with van der Waals surface area (Å²) in [5.74, 6) is 1.87. The Morgan fingerprint density at radius 1 is 1.06 bits per heavy atom. The number of piperazine rings is 1. The molecule has 0 saturated carbocycles. The Bertz CT molecular complexity index is 1040. The van der Waals surface area contributed by atoms with Crippen molar-refractivity contribution in [3.63, 3.8) is 0 Å². The van der Waals surface area contributed by atoms with Crippen molar-refractivity contribution >= 4 is 16.9 Å². The molecule has 5 rings (SSSR count). The third kappa shape index (κ3) is 4.60. The zero-order valence-corrected chi connectivity index (χ0v) is 18.0. The van der Waals surface area contributed by atoms with Crippen LogP contribution in [0.4, 0.5) is 0 Å². The number of benzene rings is 2. The summed E-state index contributed by atoms with van der Waals surface area (Å²) in [6, 6.07) is 16.3. The molecule has 2 aromatic carbocycles. The lowest BCUT2D eigenvalue weighted by Crippen LogP contribution is -2.49. The summed E-state index contributed by atoms with van der Waals surface area (Å²) < 4.78 is 11.5. The van der Waals surface area contributed by atoms with E-state index in [1.165, 1.54) is 11.1 Å². The monoisotopic (exact) mass is 419 g/mol. The third-order valence-electron chi connectivity index (χ3n) is 6.24. The number of carbonyl (C=O) groups is 1. The van der Waals surface area contributed by atoms with Crippen molar-refractivity contribution < 1.29 is 13.9 Å². The molecule has 0 radical (unpaired) electrons. The summed E-state index contributed by atoms with van der Waals surface area (Å²) in [4.78, 5) is 17.3. The van der Waals surface area contributed by atoms with E-state index in [1.807, 2.05) is 37.3 Å². The molecule has 1 amide bonds. The number of hydrogen-bond acceptors (Lipinski definition) is 5. The topological polar surface area (TPSA) is 58.0 Å². The van der Waals surface area contributed by atoms with Crippen LogP contribution in [0.5, 0.6) is 5.75 Å². The van der Waals surface area contributed by atoms with Crippen LogP contribution < -0.4 is 10.1 Å². The third-order valence-corrected chi connectivity index (χ3v) is 6.24. The van der Waals surface area contributed by atoms with Gasteiger partial charge in [-0.15, -0.1) is 0 Å². The first-order valence-electron chi connectivity index (χ1n) is 11.1. The summed E-state index contributed by atoms with van der Waals surface area (Å²) in [7, 11) is 0. The molecular formula is C25H29N3O3. The molecule has 1 N–H and O–H groups in total. The largest absolute Gasteiger partial charge is 0.493 e. The van der Waals surface area contributed by atoms with Gasteiger partial charge < -0.3 is 14.5 Å². The molecule has 0 bridgehead atoms. The maximum absolute atomic E-state index is 12.6. The van der Waals surface area contributed by atoms with Gasteiger partial charge in [0.25, 0.3) is 0 Å². The van der Waals surface area contributed by atoms with Crippen LogP contribution in [-0.2, 0) is 17.8 Å². The first-order valence-corrected chi connectivity index (χ1v) is 11.1. The quantitative estimate of drug-likeness (QED) is 0.664. The van der Waals surface area contributed by atoms with Crippen LogP contribution in [0.1, 0.15) is 29.9 Å². The number of nitrogens with zero attached hydrogens (tertiary/aromatic N) is 2. The molecule has 1 saturated heterocycles. The van der Waals surface area contributed by atoms with Crippen molar-refractivity contribution in [3.8, 4) is 5.75 Å². The van der Waals surface area contributed by atoms with Gasteiger partial charge >= 0.3 is 0 Å². The minimum atomic E-state index is -0.148. The van der Waals surface area contributed by atoms with Gasteiger partial charge in [0.05, 0.1) is 19.2 Å². The van der Waals surface area contributed by atoms with Gasteiger partial charge in [-0.25, -0.2) is 0 Å². The van der Waals surface area contributed by atoms with Crippen LogP contribution in [-0.4, -0.2) is 55.0 Å². The Labute approximate surface area is 182 Å². The molecule has 162 valence electrons. The van der Waals surface area contributed by atoms with Crippen molar-refractivity contribution in [1.82, 2.24) is 15.1 Å². The van der Waals surface area contributed by atoms with E-state index >= 15 is 0 Å². The molecule has 6 nitrogen and oxygen atoms in total. The molecule has 1 aromatic heterocycles. The maximum atomic E-state index is 12.6. The Morgan fingerprint density at radius 2 is 1.87 bits per heavy atom. The first kappa shape index (κ1) is 20.1. The highest BCUT2D eigenvalue weighted by molar-refractivity contribution is 5.80. The van der Waals surface area contributed by atoms with Crippen molar-refractivity contribution in [1.29, 1.82) is 0 Å². The molecule has 2 aliphatic rings. The number of hydrogen-bond donors (Lipinski definition) is 1. The molecule has 0 unspecified atom stereocenters. The van der Waals surface area contributed by atoms with Gasteiger partial charge in [-0.3, -0.25) is 14.6 Å². The highest BCUT2D eigenvalue weighted by Gasteiger charge is 2.21. The van der Waals surface area contributed by atoms with E-state index in [0.29, 0.717) is 6.54 Å². The van der Waals surface area contributed by atoms with E-state index in [9.17, 15) is 4.79 Å². The number of nitrogens with one attached hydrogen (secondary N) is 1. The predicted octanol–water partition coefficient (Wildman–Crippen LogP) is 3.36. The molecular weight excluding hydrogens is 390 g/mol. The average molecular weight is 420 g/mol. The van der Waals surface area contributed by atoms with E-state index in [1.54, 1.807) is 0 Å². The molecule has 3 heterocycles. The van der Waals surface area contributed by atoms with E-state index < -0.39 is 0 Å². The highest BCUT2D eigenvalue weighted by atomic mass is 16.5. The zero-order chi connectivity index (χ0) is 21.2.